The predicted octanol–water partition coefficient (Wildman–Crippen LogP) is 3.21. The van der Waals surface area contributed by atoms with E-state index in [0.29, 0.717) is 12.0 Å². The molecule has 0 aromatic heterocycles. The summed E-state index contributed by atoms with van der Waals surface area (Å²) in [5, 5.41) is 9.84. The number of halogens is 2. The molecule has 0 aliphatic heterocycles. The molecule has 0 bridgehead atoms. The molecule has 1 unspecified atom stereocenters. The van der Waals surface area contributed by atoms with Gasteiger partial charge >= 0.3 is 0 Å². The molecule has 0 radical (unpaired) electrons. The van der Waals surface area contributed by atoms with Crippen LogP contribution >= 0.6 is 15.9 Å². The average molecular weight is 247 g/mol. The third kappa shape index (κ3) is 2.29. The summed E-state index contributed by atoms with van der Waals surface area (Å²) >= 11 is 3.24. The minimum atomic E-state index is -1.09. The summed E-state index contributed by atoms with van der Waals surface area (Å²) in [6.45, 7) is 3.43. The highest BCUT2D eigenvalue weighted by Crippen LogP contribution is 2.28. The van der Waals surface area contributed by atoms with E-state index in [2.05, 4.69) is 15.9 Å². The van der Waals surface area contributed by atoms with Crippen molar-refractivity contribution in [3.8, 4) is 0 Å². The monoisotopic (exact) mass is 246 g/mol. The molecule has 0 amide bonds. The van der Waals surface area contributed by atoms with Crippen LogP contribution in [0.4, 0.5) is 4.39 Å². The van der Waals surface area contributed by atoms with Gasteiger partial charge in [0.05, 0.1) is 5.60 Å². The molecule has 0 heterocycles. The van der Waals surface area contributed by atoms with Gasteiger partial charge in [0.2, 0.25) is 0 Å². The lowest BCUT2D eigenvalue weighted by Crippen LogP contribution is -2.21. The standard InChI is InChI=1S/C10H12BrFO/c1-3-10(2,13)8-6-7(11)4-5-9(8)12/h4-6,13H,3H2,1-2H3. The smallest absolute Gasteiger partial charge is 0.129 e. The Kier molecular flexibility index (Phi) is 3.09. The highest BCUT2D eigenvalue weighted by molar-refractivity contribution is 9.10. The van der Waals surface area contributed by atoms with Gasteiger partial charge in [-0.05, 0) is 31.5 Å². The van der Waals surface area contributed by atoms with Crippen molar-refractivity contribution >= 4 is 15.9 Å². The summed E-state index contributed by atoms with van der Waals surface area (Å²) in [7, 11) is 0. The van der Waals surface area contributed by atoms with Gasteiger partial charge in [-0.25, -0.2) is 4.39 Å². The first-order valence-electron chi connectivity index (χ1n) is 4.15. The first-order chi connectivity index (χ1) is 5.97. The van der Waals surface area contributed by atoms with Crippen molar-refractivity contribution in [3.05, 3.63) is 34.1 Å². The van der Waals surface area contributed by atoms with Crippen molar-refractivity contribution < 1.29 is 9.50 Å². The molecular weight excluding hydrogens is 235 g/mol. The lowest BCUT2D eigenvalue weighted by Gasteiger charge is -2.22. The summed E-state index contributed by atoms with van der Waals surface area (Å²) in [6, 6.07) is 4.58. The van der Waals surface area contributed by atoms with Gasteiger partial charge < -0.3 is 5.11 Å². The van der Waals surface area contributed by atoms with E-state index < -0.39 is 5.60 Å². The highest BCUT2D eigenvalue weighted by Gasteiger charge is 2.24. The van der Waals surface area contributed by atoms with E-state index in [1.165, 1.54) is 6.07 Å². The normalized spacial score (nSPS) is 15.5. The van der Waals surface area contributed by atoms with Gasteiger partial charge in [0.25, 0.3) is 0 Å². The molecule has 13 heavy (non-hydrogen) atoms. The highest BCUT2D eigenvalue weighted by atomic mass is 79.9. The van der Waals surface area contributed by atoms with Crippen molar-refractivity contribution in [1.29, 1.82) is 0 Å². The molecular formula is C10H12BrFO. The molecule has 1 aromatic carbocycles. The summed E-state index contributed by atoms with van der Waals surface area (Å²) in [6.07, 6.45) is 0.486. The van der Waals surface area contributed by atoms with E-state index in [1.54, 1.807) is 19.1 Å². The maximum Gasteiger partial charge on any atom is 0.129 e. The number of benzene rings is 1. The molecule has 1 rings (SSSR count). The van der Waals surface area contributed by atoms with Crippen LogP contribution in [0.5, 0.6) is 0 Å². The maximum atomic E-state index is 13.3. The van der Waals surface area contributed by atoms with E-state index >= 15 is 0 Å². The molecule has 0 saturated carbocycles. The van der Waals surface area contributed by atoms with Crippen molar-refractivity contribution in [3.63, 3.8) is 0 Å². The fourth-order valence-electron chi connectivity index (χ4n) is 1.10. The van der Waals surface area contributed by atoms with E-state index in [9.17, 15) is 9.50 Å². The van der Waals surface area contributed by atoms with Crippen LogP contribution in [0.3, 0.4) is 0 Å². The predicted molar refractivity (Wildman–Crippen MR) is 54.0 cm³/mol. The molecule has 0 fully saturated rings. The number of rotatable bonds is 2. The molecule has 1 nitrogen and oxygen atoms in total. The first-order valence-corrected chi connectivity index (χ1v) is 4.94. The van der Waals surface area contributed by atoms with Gasteiger partial charge in [0.1, 0.15) is 5.82 Å². The molecule has 1 atom stereocenters. The number of hydrogen-bond acceptors (Lipinski definition) is 1. The second kappa shape index (κ2) is 3.76. The molecule has 1 N–H and O–H groups in total. The van der Waals surface area contributed by atoms with E-state index in [-0.39, 0.29) is 5.82 Å². The lowest BCUT2D eigenvalue weighted by molar-refractivity contribution is 0.0492. The SMILES string of the molecule is CCC(C)(O)c1cc(Br)ccc1F. The van der Waals surface area contributed by atoms with Crippen molar-refractivity contribution in [2.75, 3.05) is 0 Å². The fourth-order valence-corrected chi connectivity index (χ4v) is 1.46. The largest absolute Gasteiger partial charge is 0.385 e. The van der Waals surface area contributed by atoms with E-state index in [1.807, 2.05) is 6.92 Å². The Bertz CT molecular complexity index is 310. The van der Waals surface area contributed by atoms with Crippen LogP contribution in [0.15, 0.2) is 22.7 Å². The molecule has 0 aliphatic rings. The van der Waals surface area contributed by atoms with Crippen molar-refractivity contribution in [2.45, 2.75) is 25.9 Å². The van der Waals surface area contributed by atoms with Gasteiger partial charge in [-0.3, -0.25) is 0 Å². The van der Waals surface area contributed by atoms with E-state index in [0.717, 1.165) is 4.47 Å². The molecule has 3 heteroatoms. The van der Waals surface area contributed by atoms with Crippen LogP contribution in [0.2, 0.25) is 0 Å². The minimum absolute atomic E-state index is 0.337. The first kappa shape index (κ1) is 10.7. The van der Waals surface area contributed by atoms with Gasteiger partial charge in [0, 0.05) is 10.0 Å². The van der Waals surface area contributed by atoms with Crippen LogP contribution in [-0.4, -0.2) is 5.11 Å². The third-order valence-electron chi connectivity index (χ3n) is 2.20. The Hall–Kier alpha value is -0.410. The van der Waals surface area contributed by atoms with Crippen LogP contribution < -0.4 is 0 Å². The molecule has 0 spiro atoms. The Morgan fingerprint density at radius 2 is 2.15 bits per heavy atom. The maximum absolute atomic E-state index is 13.3. The molecule has 1 aromatic rings. The topological polar surface area (TPSA) is 20.2 Å². The second-order valence-corrected chi connectivity index (χ2v) is 4.17. The Morgan fingerprint density at radius 3 is 2.69 bits per heavy atom. The summed E-state index contributed by atoms with van der Waals surface area (Å²) < 4.78 is 14.0. The van der Waals surface area contributed by atoms with Crippen LogP contribution in [-0.2, 0) is 5.60 Å². The third-order valence-corrected chi connectivity index (χ3v) is 2.69. The zero-order valence-corrected chi connectivity index (χ0v) is 9.23. The molecule has 0 aliphatic carbocycles. The van der Waals surface area contributed by atoms with Crippen molar-refractivity contribution in [2.24, 2.45) is 0 Å². The summed E-state index contributed by atoms with van der Waals surface area (Å²) in [5.74, 6) is -0.366. The second-order valence-electron chi connectivity index (χ2n) is 3.25. The Labute approximate surface area is 85.7 Å². The fraction of sp³-hybridized carbons (Fsp3) is 0.400. The Morgan fingerprint density at radius 1 is 1.54 bits per heavy atom. The number of hydrogen-bond donors (Lipinski definition) is 1. The zero-order chi connectivity index (χ0) is 10.1. The number of aliphatic hydroxyl groups is 1. The lowest BCUT2D eigenvalue weighted by atomic mass is 9.93. The van der Waals surface area contributed by atoms with Crippen molar-refractivity contribution in [1.82, 2.24) is 0 Å². The summed E-state index contributed by atoms with van der Waals surface area (Å²) in [4.78, 5) is 0. The van der Waals surface area contributed by atoms with Gasteiger partial charge in [-0.15, -0.1) is 0 Å². The van der Waals surface area contributed by atoms with E-state index in [4.69, 9.17) is 0 Å². The average Bonchev–Trinajstić information content (AvgIpc) is 2.09. The van der Waals surface area contributed by atoms with Crippen LogP contribution in [0.25, 0.3) is 0 Å². The van der Waals surface area contributed by atoms with Crippen LogP contribution in [0.1, 0.15) is 25.8 Å². The molecule has 0 saturated heterocycles. The molecule has 72 valence electrons. The van der Waals surface area contributed by atoms with Gasteiger partial charge in [-0.1, -0.05) is 22.9 Å². The van der Waals surface area contributed by atoms with Crippen LogP contribution in [0, 0.1) is 5.82 Å². The Balaban J connectivity index is 3.20. The minimum Gasteiger partial charge on any atom is -0.385 e. The zero-order valence-electron chi connectivity index (χ0n) is 7.64. The summed E-state index contributed by atoms with van der Waals surface area (Å²) in [5.41, 5.74) is -0.752. The van der Waals surface area contributed by atoms with Gasteiger partial charge in [-0.2, -0.15) is 0 Å². The quantitative estimate of drug-likeness (QED) is 0.850. The van der Waals surface area contributed by atoms with Gasteiger partial charge in [0.15, 0.2) is 0 Å².